The fourth-order valence-corrected chi connectivity index (χ4v) is 3.28. The van der Waals surface area contributed by atoms with Crippen molar-refractivity contribution in [3.63, 3.8) is 0 Å². The zero-order valence-electron chi connectivity index (χ0n) is 14.8. The van der Waals surface area contributed by atoms with E-state index < -0.39 is 0 Å². The van der Waals surface area contributed by atoms with Crippen LogP contribution in [0.2, 0.25) is 0 Å². The lowest BCUT2D eigenvalue weighted by Gasteiger charge is -2.02. The van der Waals surface area contributed by atoms with E-state index in [1.165, 1.54) is 0 Å². The molecule has 0 atom stereocenters. The zero-order chi connectivity index (χ0) is 19.1. The third-order valence-electron chi connectivity index (χ3n) is 4.45. The number of aromatic nitrogens is 2. The molecular formula is C21H17N7. The van der Waals surface area contributed by atoms with Crippen molar-refractivity contribution in [1.82, 2.24) is 15.3 Å². The summed E-state index contributed by atoms with van der Waals surface area (Å²) in [4.78, 5) is 15.5. The van der Waals surface area contributed by atoms with Crippen molar-refractivity contribution in [2.24, 2.45) is 15.7 Å². The van der Waals surface area contributed by atoms with E-state index in [4.69, 9.17) is 11.1 Å². The Bertz CT molecular complexity index is 1300. The van der Waals surface area contributed by atoms with Gasteiger partial charge in [-0.15, -0.1) is 0 Å². The molecule has 0 unspecified atom stereocenters. The van der Waals surface area contributed by atoms with Gasteiger partial charge in [0, 0.05) is 27.8 Å². The van der Waals surface area contributed by atoms with Crippen LogP contribution < -0.4 is 21.7 Å². The van der Waals surface area contributed by atoms with E-state index in [0.717, 1.165) is 44.9 Å². The monoisotopic (exact) mass is 367 g/mol. The molecule has 7 nitrogen and oxygen atoms in total. The van der Waals surface area contributed by atoms with Gasteiger partial charge >= 0.3 is 0 Å². The maximum Gasteiger partial charge on any atom is 0.213 e. The van der Waals surface area contributed by atoms with Crippen molar-refractivity contribution in [3.8, 4) is 0 Å². The van der Waals surface area contributed by atoms with Crippen LogP contribution in [0, 0.1) is 5.41 Å². The number of fused-ring (bicyclic) bond motifs is 7. The van der Waals surface area contributed by atoms with Gasteiger partial charge in [-0.3, -0.25) is 5.41 Å². The Morgan fingerprint density at radius 2 is 1.68 bits per heavy atom. The summed E-state index contributed by atoms with van der Waals surface area (Å²) in [6.45, 7) is 0. The van der Waals surface area contributed by atoms with Gasteiger partial charge in [0.25, 0.3) is 0 Å². The third kappa shape index (κ3) is 3.16. The lowest BCUT2D eigenvalue weighted by Crippen LogP contribution is -2.16. The van der Waals surface area contributed by atoms with Crippen LogP contribution in [0.4, 0.5) is 0 Å². The van der Waals surface area contributed by atoms with Crippen LogP contribution in [-0.4, -0.2) is 27.4 Å². The molecule has 28 heavy (non-hydrogen) atoms. The van der Waals surface area contributed by atoms with Gasteiger partial charge in [0.15, 0.2) is 0 Å². The topological polar surface area (TPSA) is 118 Å². The van der Waals surface area contributed by atoms with Crippen LogP contribution in [0.25, 0.3) is 18.2 Å². The van der Waals surface area contributed by atoms with Gasteiger partial charge in [0.05, 0.1) is 22.8 Å². The standard InChI is InChI=1S/C21H17N7/c22-21(23)28-20-11-18-9-16-4-3-14(25-16)7-12-1-2-13(24-12)8-15-5-6-17(26-15)10-19(20)27-18/h1-11,24-25,27H,(H3,22,23). The number of hydrogen-bond acceptors (Lipinski definition) is 3. The molecule has 8 bridgehead atoms. The van der Waals surface area contributed by atoms with E-state index >= 15 is 0 Å². The van der Waals surface area contributed by atoms with Crippen LogP contribution in [0.1, 0.15) is 11.4 Å². The highest BCUT2D eigenvalue weighted by atomic mass is 15.0. The van der Waals surface area contributed by atoms with E-state index in [1.54, 1.807) is 0 Å². The predicted octanol–water partition coefficient (Wildman–Crippen LogP) is 1.02. The second-order valence-electron chi connectivity index (χ2n) is 6.63. The molecule has 0 fully saturated rings. The number of hydrogen-bond donors (Lipinski definition) is 5. The number of H-pyrrole nitrogens is 2. The van der Waals surface area contributed by atoms with Gasteiger partial charge in [-0.1, -0.05) is 0 Å². The molecular weight excluding hydrogens is 350 g/mol. The van der Waals surface area contributed by atoms with E-state index in [2.05, 4.69) is 31.3 Å². The molecule has 0 saturated carbocycles. The average Bonchev–Trinajstić information content (AvgIpc) is 3.40. The normalized spacial score (nSPS) is 18.5. The average molecular weight is 367 g/mol. The van der Waals surface area contributed by atoms with Gasteiger partial charge in [0.1, 0.15) is 0 Å². The maximum absolute atomic E-state index is 7.50. The van der Waals surface area contributed by atoms with Crippen molar-refractivity contribution in [2.75, 3.05) is 0 Å². The quantitative estimate of drug-likeness (QED) is 0.353. The Labute approximate surface area is 160 Å². The number of nitrogens with two attached hydrogens (primary N) is 1. The van der Waals surface area contributed by atoms with Crippen molar-refractivity contribution in [2.45, 2.75) is 0 Å². The molecule has 0 saturated heterocycles. The lowest BCUT2D eigenvalue weighted by atomic mass is 10.2. The largest absolute Gasteiger partial charge is 0.368 e. The molecule has 0 aromatic carbocycles. The first-order chi connectivity index (χ1) is 13.6. The van der Waals surface area contributed by atoms with Crippen LogP contribution >= 0.6 is 0 Å². The summed E-state index contributed by atoms with van der Waals surface area (Å²) in [5, 5.41) is 12.8. The third-order valence-corrected chi connectivity index (χ3v) is 4.45. The minimum absolute atomic E-state index is 0.241. The van der Waals surface area contributed by atoms with Crippen LogP contribution in [-0.2, 0) is 0 Å². The minimum atomic E-state index is -0.241. The first-order valence-electron chi connectivity index (χ1n) is 8.80. The Morgan fingerprint density at radius 1 is 0.893 bits per heavy atom. The summed E-state index contributed by atoms with van der Waals surface area (Å²) in [6, 6.07) is 8.10. The SMILES string of the molecule is N=C(N)N=C1C=C2C=c3ccc([nH]3)=Cc3ccc([nH]3)C=C3C=CC(=N3)C=C1N2. The van der Waals surface area contributed by atoms with Gasteiger partial charge in [0.2, 0.25) is 5.96 Å². The van der Waals surface area contributed by atoms with Crippen LogP contribution in [0.3, 0.4) is 0 Å². The molecule has 2 aromatic heterocycles. The number of aromatic amines is 2. The van der Waals surface area contributed by atoms with Crippen molar-refractivity contribution < 1.29 is 0 Å². The van der Waals surface area contributed by atoms with Crippen molar-refractivity contribution >= 4 is 35.6 Å². The first kappa shape index (κ1) is 16.1. The molecule has 6 N–H and O–H groups in total. The number of guanidine groups is 1. The summed E-state index contributed by atoms with van der Waals surface area (Å²) in [5.41, 5.74) is 11.3. The Hall–Kier alpha value is -4.13. The highest BCUT2D eigenvalue weighted by Crippen LogP contribution is 2.18. The molecule has 0 radical (unpaired) electrons. The molecule has 0 amide bonds. The van der Waals surface area contributed by atoms with Crippen molar-refractivity contribution in [3.05, 3.63) is 87.7 Å². The smallest absolute Gasteiger partial charge is 0.213 e. The second kappa shape index (κ2) is 6.24. The summed E-state index contributed by atoms with van der Waals surface area (Å²) >= 11 is 0. The second-order valence-corrected chi connectivity index (χ2v) is 6.63. The summed E-state index contributed by atoms with van der Waals surface area (Å²) in [6.07, 6.45) is 13.7. The first-order valence-corrected chi connectivity index (χ1v) is 8.80. The van der Waals surface area contributed by atoms with Gasteiger partial charge in [-0.2, -0.15) is 0 Å². The van der Waals surface area contributed by atoms with Crippen LogP contribution in [0.15, 0.2) is 75.6 Å². The molecule has 3 aliphatic heterocycles. The lowest BCUT2D eigenvalue weighted by molar-refractivity contribution is 1.12. The van der Waals surface area contributed by atoms with Crippen molar-refractivity contribution in [1.29, 1.82) is 5.41 Å². The Balaban J connectivity index is 1.70. The number of allylic oxidation sites excluding steroid dienone is 5. The number of aliphatic imine (C=N–C) groups is 2. The van der Waals surface area contributed by atoms with Gasteiger partial charge in [-0.25, -0.2) is 9.98 Å². The number of nitrogens with one attached hydrogen (secondary N) is 4. The predicted molar refractivity (Wildman–Crippen MR) is 112 cm³/mol. The summed E-state index contributed by atoms with van der Waals surface area (Å²) in [5.74, 6) is -0.241. The van der Waals surface area contributed by atoms with Gasteiger partial charge in [-0.05, 0) is 66.8 Å². The maximum atomic E-state index is 7.50. The summed E-state index contributed by atoms with van der Waals surface area (Å²) < 4.78 is 0. The molecule has 136 valence electrons. The minimum Gasteiger partial charge on any atom is -0.368 e. The van der Waals surface area contributed by atoms with Gasteiger partial charge < -0.3 is 21.0 Å². The molecule has 5 heterocycles. The number of rotatable bonds is 0. The molecule has 2 aromatic rings. The molecule has 5 rings (SSSR count). The van der Waals surface area contributed by atoms with E-state index in [-0.39, 0.29) is 5.96 Å². The summed E-state index contributed by atoms with van der Waals surface area (Å²) in [7, 11) is 0. The number of nitrogens with zero attached hydrogens (tertiary/aromatic N) is 2. The van der Waals surface area contributed by atoms with Crippen LogP contribution in [0.5, 0.6) is 0 Å². The Kier molecular flexibility index (Phi) is 3.58. The van der Waals surface area contributed by atoms with E-state index in [1.807, 2.05) is 60.7 Å². The Morgan fingerprint density at radius 3 is 2.50 bits per heavy atom. The fourth-order valence-electron chi connectivity index (χ4n) is 3.28. The highest BCUT2D eigenvalue weighted by molar-refractivity contribution is 6.20. The highest BCUT2D eigenvalue weighted by Gasteiger charge is 2.16. The van der Waals surface area contributed by atoms with E-state index in [9.17, 15) is 0 Å². The molecule has 0 spiro atoms. The molecule has 7 heteroatoms. The molecule has 3 aliphatic rings. The zero-order valence-corrected chi connectivity index (χ0v) is 14.8. The molecule has 0 aliphatic carbocycles. The fraction of sp³-hybridized carbons (Fsp3) is 0. The van der Waals surface area contributed by atoms with E-state index in [0.29, 0.717) is 5.71 Å².